The molecule has 0 bridgehead atoms. The zero-order chi connectivity index (χ0) is 14.6. The van der Waals surface area contributed by atoms with Crippen LogP contribution in [-0.4, -0.2) is 20.2 Å². The highest BCUT2D eigenvalue weighted by molar-refractivity contribution is 6.74. The number of Topliss-reactive ketones (excluding diaryl/α,β-unsaturated/α-hetero) is 1. The predicted octanol–water partition coefficient (Wildman–Crippen LogP) is 4.79. The van der Waals surface area contributed by atoms with E-state index in [1.54, 1.807) is 6.92 Å². The third-order valence-corrected chi connectivity index (χ3v) is 8.52. The molecule has 2 nitrogen and oxygen atoms in total. The van der Waals surface area contributed by atoms with E-state index >= 15 is 0 Å². The van der Waals surface area contributed by atoms with Crippen LogP contribution >= 0.6 is 0 Å². The van der Waals surface area contributed by atoms with Gasteiger partial charge in [0.1, 0.15) is 5.78 Å². The van der Waals surface area contributed by atoms with Crippen LogP contribution in [0.5, 0.6) is 0 Å². The second-order valence-electron chi connectivity index (χ2n) is 7.25. The highest BCUT2D eigenvalue weighted by atomic mass is 28.4. The van der Waals surface area contributed by atoms with Gasteiger partial charge in [0, 0.05) is 12.5 Å². The van der Waals surface area contributed by atoms with Crippen molar-refractivity contribution in [3.05, 3.63) is 0 Å². The molecule has 0 N–H and O–H groups in total. The molecule has 0 saturated carbocycles. The normalized spacial score (nSPS) is 14.9. The molecule has 0 saturated heterocycles. The van der Waals surface area contributed by atoms with E-state index in [0.29, 0.717) is 18.4 Å². The summed E-state index contributed by atoms with van der Waals surface area (Å²) in [6.07, 6.45) is 2.94. The second kappa shape index (κ2) is 6.85. The Bertz CT molecular complexity index is 264. The summed E-state index contributed by atoms with van der Waals surface area (Å²) in [7, 11) is -1.69. The van der Waals surface area contributed by atoms with Gasteiger partial charge in [0.15, 0.2) is 8.32 Å². The van der Waals surface area contributed by atoms with E-state index in [1.807, 2.05) is 0 Å². The molecule has 1 atom stereocenters. The van der Waals surface area contributed by atoms with E-state index in [4.69, 9.17) is 4.43 Å². The summed E-state index contributed by atoms with van der Waals surface area (Å²) in [4.78, 5) is 11.0. The third-order valence-electron chi connectivity index (χ3n) is 4.01. The lowest BCUT2D eigenvalue weighted by Crippen LogP contribution is -2.45. The minimum absolute atomic E-state index is 0.251. The molecule has 0 radical (unpaired) electrons. The van der Waals surface area contributed by atoms with Crippen LogP contribution in [0, 0.1) is 5.92 Å². The fraction of sp³-hybridized carbons (Fsp3) is 0.933. The lowest BCUT2D eigenvalue weighted by Gasteiger charge is -2.40. The van der Waals surface area contributed by atoms with Crippen LogP contribution < -0.4 is 0 Å². The maximum atomic E-state index is 11.0. The molecule has 0 rings (SSSR count). The summed E-state index contributed by atoms with van der Waals surface area (Å²) in [5.74, 6) is 0.802. The van der Waals surface area contributed by atoms with Crippen LogP contribution in [0.4, 0.5) is 0 Å². The fourth-order valence-corrected chi connectivity index (χ4v) is 3.14. The first-order valence-electron chi connectivity index (χ1n) is 7.14. The molecule has 0 aromatic rings. The molecule has 1 unspecified atom stereocenters. The van der Waals surface area contributed by atoms with E-state index in [1.165, 1.54) is 0 Å². The smallest absolute Gasteiger partial charge is 0.192 e. The van der Waals surface area contributed by atoms with Gasteiger partial charge in [0.05, 0.1) is 0 Å². The summed E-state index contributed by atoms with van der Waals surface area (Å²) in [6, 6.07) is 0. The number of ketones is 1. The van der Waals surface area contributed by atoms with Crippen molar-refractivity contribution in [1.29, 1.82) is 0 Å². The molecule has 0 amide bonds. The maximum absolute atomic E-state index is 11.0. The van der Waals surface area contributed by atoms with E-state index in [9.17, 15) is 4.79 Å². The van der Waals surface area contributed by atoms with Crippen molar-refractivity contribution in [2.24, 2.45) is 5.92 Å². The van der Waals surface area contributed by atoms with Gasteiger partial charge in [-0.1, -0.05) is 34.6 Å². The Morgan fingerprint density at radius 2 is 1.72 bits per heavy atom. The maximum Gasteiger partial charge on any atom is 0.192 e. The number of hydrogen-bond donors (Lipinski definition) is 0. The topological polar surface area (TPSA) is 26.3 Å². The van der Waals surface area contributed by atoms with Crippen LogP contribution in [-0.2, 0) is 9.22 Å². The Labute approximate surface area is 115 Å². The van der Waals surface area contributed by atoms with Crippen LogP contribution in [0.15, 0.2) is 0 Å². The van der Waals surface area contributed by atoms with Crippen molar-refractivity contribution >= 4 is 14.1 Å². The van der Waals surface area contributed by atoms with Gasteiger partial charge >= 0.3 is 0 Å². The van der Waals surface area contributed by atoms with Crippen molar-refractivity contribution in [1.82, 2.24) is 0 Å². The van der Waals surface area contributed by atoms with Crippen molar-refractivity contribution in [3.8, 4) is 0 Å². The van der Waals surface area contributed by atoms with Crippen molar-refractivity contribution in [2.75, 3.05) is 0 Å². The third kappa shape index (κ3) is 6.14. The van der Waals surface area contributed by atoms with Gasteiger partial charge in [-0.15, -0.1) is 0 Å². The molecule has 0 fully saturated rings. The number of rotatable bonds is 7. The molecule has 3 heteroatoms. The number of hydrogen-bond acceptors (Lipinski definition) is 2. The predicted molar refractivity (Wildman–Crippen MR) is 81.4 cm³/mol. The molecule has 0 aliphatic rings. The minimum atomic E-state index is -1.69. The zero-order valence-corrected chi connectivity index (χ0v) is 14.6. The Balaban J connectivity index is 4.49. The van der Waals surface area contributed by atoms with E-state index in [0.717, 1.165) is 12.8 Å². The minimum Gasteiger partial charge on any atom is -0.414 e. The molecular formula is C15H32O2Si. The average molecular weight is 273 g/mol. The van der Waals surface area contributed by atoms with Crippen molar-refractivity contribution < 1.29 is 9.22 Å². The molecule has 0 spiro atoms. The first-order valence-corrected chi connectivity index (χ1v) is 10.1. The Hall–Kier alpha value is -0.153. The summed E-state index contributed by atoms with van der Waals surface area (Å²) < 4.78 is 6.47. The van der Waals surface area contributed by atoms with Gasteiger partial charge in [-0.2, -0.15) is 0 Å². The quantitative estimate of drug-likeness (QED) is 0.623. The summed E-state index contributed by atoms with van der Waals surface area (Å²) in [6.45, 7) is 17.5. The lowest BCUT2D eigenvalue weighted by atomic mass is 10.0. The molecule has 0 aromatic carbocycles. The average Bonchev–Trinajstić information content (AvgIpc) is 2.13. The number of carbonyl (C=O) groups is 1. The van der Waals surface area contributed by atoms with E-state index in [-0.39, 0.29) is 10.8 Å². The van der Waals surface area contributed by atoms with Gasteiger partial charge in [-0.25, -0.2) is 0 Å². The summed E-state index contributed by atoms with van der Waals surface area (Å²) in [5, 5.41) is 0.251. The SMILES string of the molecule is CC(=O)CCCC(O[Si](C)(C)C(C)(C)C)C(C)C. The van der Waals surface area contributed by atoms with Crippen molar-refractivity contribution in [2.45, 2.75) is 85.0 Å². The number of carbonyl (C=O) groups excluding carboxylic acids is 1. The first-order chi connectivity index (χ1) is 7.97. The highest BCUT2D eigenvalue weighted by Crippen LogP contribution is 2.38. The van der Waals surface area contributed by atoms with Crippen LogP contribution in [0.3, 0.4) is 0 Å². The van der Waals surface area contributed by atoms with Crippen LogP contribution in [0.2, 0.25) is 18.1 Å². The van der Waals surface area contributed by atoms with Gasteiger partial charge in [0.2, 0.25) is 0 Å². The van der Waals surface area contributed by atoms with Gasteiger partial charge in [-0.05, 0) is 43.8 Å². The molecule has 108 valence electrons. The van der Waals surface area contributed by atoms with Crippen molar-refractivity contribution in [3.63, 3.8) is 0 Å². The van der Waals surface area contributed by atoms with E-state index < -0.39 is 8.32 Å². The fourth-order valence-electron chi connectivity index (χ4n) is 1.64. The van der Waals surface area contributed by atoms with Gasteiger partial charge in [0.25, 0.3) is 0 Å². The Morgan fingerprint density at radius 3 is 2.06 bits per heavy atom. The van der Waals surface area contributed by atoms with E-state index in [2.05, 4.69) is 47.7 Å². The first kappa shape index (κ1) is 17.8. The van der Waals surface area contributed by atoms with Crippen LogP contribution in [0.25, 0.3) is 0 Å². The standard InChI is InChI=1S/C15H32O2Si/c1-12(2)14(11-9-10-13(3)16)17-18(7,8)15(4,5)6/h12,14H,9-11H2,1-8H3. The molecule has 18 heavy (non-hydrogen) atoms. The lowest BCUT2D eigenvalue weighted by molar-refractivity contribution is -0.117. The molecule has 0 aliphatic heterocycles. The molecule has 0 heterocycles. The van der Waals surface area contributed by atoms with Gasteiger partial charge < -0.3 is 9.22 Å². The summed E-state index contributed by atoms with van der Waals surface area (Å²) >= 11 is 0. The Morgan fingerprint density at radius 1 is 1.22 bits per heavy atom. The Kier molecular flexibility index (Phi) is 6.79. The zero-order valence-electron chi connectivity index (χ0n) is 13.6. The monoisotopic (exact) mass is 272 g/mol. The second-order valence-corrected chi connectivity index (χ2v) is 12.0. The molecule has 0 aromatic heterocycles. The summed E-state index contributed by atoms with van der Waals surface area (Å²) in [5.41, 5.74) is 0. The largest absolute Gasteiger partial charge is 0.414 e. The van der Waals surface area contributed by atoms with Gasteiger partial charge in [-0.3, -0.25) is 0 Å². The van der Waals surface area contributed by atoms with Crippen LogP contribution in [0.1, 0.15) is 60.8 Å². The molecular weight excluding hydrogens is 240 g/mol. The highest BCUT2D eigenvalue weighted by Gasteiger charge is 2.39. The molecule has 0 aliphatic carbocycles.